The zero-order valence-corrected chi connectivity index (χ0v) is 51.2. The standard InChI is InChI=1S/C28H38ClF2N5O5SSi.C22H25F2N5O3S.C5H10O.CH4/c1-27(2,3)41-26(37)36(18-40-11-12-43(6,7)8)25-34-28(4,17-42(38,39)35(25)5)20-13-19(9-10-21(20)30)14-22(31)23-15-33-24(29)16-32-23;1-22(13-33(30,31)29(2)21(25)28-22)16-8-15(6-7-17(16)23)9-18(24)19-10-27-20(11-26-19)32-12-14-4-3-5-14;6-4-5-2-1-3-5;/h9-10,13-16H,11-12,17-18H2,1-8H3;6-11,14H,3-5,12-13H2,1-2H3,(H2,25,28);5-6H,1-4H2;1H4/b22-14-;18-9-;;/t28-;22-;;/m00../s1. The predicted octanol–water partition coefficient (Wildman–Crippen LogP) is 10.6. The summed E-state index contributed by atoms with van der Waals surface area (Å²) in [6.45, 7) is 15.4. The molecule has 2 saturated carbocycles. The number of hydrogen-bond acceptors (Lipinski definition) is 16. The number of nitrogens with two attached hydrogens (primary N) is 1. The predicted molar refractivity (Wildman–Crippen MR) is 318 cm³/mol. The maximum Gasteiger partial charge on any atom is 0.419 e. The number of halogens is 5. The van der Waals surface area contributed by atoms with Gasteiger partial charge in [-0.2, -0.15) is 0 Å². The third-order valence-electron chi connectivity index (χ3n) is 13.8. The van der Waals surface area contributed by atoms with Gasteiger partial charge >= 0.3 is 6.09 Å². The molecule has 2 aromatic carbocycles. The van der Waals surface area contributed by atoms with Gasteiger partial charge in [0.2, 0.25) is 37.8 Å². The number of aliphatic imine (C=N–C) groups is 2. The Labute approximate surface area is 491 Å². The lowest BCUT2D eigenvalue weighted by atomic mass is 9.86. The fourth-order valence-corrected chi connectivity index (χ4v) is 12.2. The molecule has 19 nitrogen and oxygen atoms in total. The van der Waals surface area contributed by atoms with Gasteiger partial charge in [-0.25, -0.2) is 82.6 Å². The SMILES string of the molecule is C.CN1C(N(COCC[Si](C)(C)C)C(=O)OC(C)(C)C)=N[C@](C)(c2cc(/C=C(\F)c3cnc(Cl)cn3)ccc2F)CS1(=O)=O.CN1C(N)=N[C@](C)(c2cc(/C=C(\F)c3cnc(OCC4CCC4)cn3)ccc2F)CS1(=O)=O.OCC1CCC1. The van der Waals surface area contributed by atoms with Crippen LogP contribution in [-0.2, 0) is 40.6 Å². The molecule has 4 heterocycles. The highest BCUT2D eigenvalue weighted by atomic mass is 35.5. The number of aliphatic hydroxyl groups excluding tert-OH is 1. The third kappa shape index (κ3) is 18.5. The zero-order chi connectivity index (χ0) is 60.6. The summed E-state index contributed by atoms with van der Waals surface area (Å²) in [5.74, 6) is -2.97. The quantitative estimate of drug-likeness (QED) is 0.0487. The monoisotopic (exact) mass is 1240 g/mol. The Balaban J connectivity index is 0.000000279. The van der Waals surface area contributed by atoms with Crippen molar-refractivity contribution in [1.29, 1.82) is 0 Å². The Morgan fingerprint density at radius 2 is 1.31 bits per heavy atom. The second kappa shape index (κ2) is 27.8. The van der Waals surface area contributed by atoms with Gasteiger partial charge < -0.3 is 25.1 Å². The number of aliphatic hydroxyl groups is 1. The number of hydrogen-bond donors (Lipinski definition) is 2. The van der Waals surface area contributed by atoms with Gasteiger partial charge in [0, 0.05) is 46.5 Å². The molecule has 0 saturated heterocycles. The number of sulfonamides is 2. The fraction of sp³-hybridized carbons (Fsp3) is 0.518. The minimum absolute atomic E-state index is 0. The molecule has 4 aliphatic rings. The first kappa shape index (κ1) is 67.7. The molecule has 3 N–H and O–H groups in total. The topological polar surface area (TPSA) is 245 Å². The van der Waals surface area contributed by atoms with Crippen LogP contribution in [0.5, 0.6) is 5.88 Å². The summed E-state index contributed by atoms with van der Waals surface area (Å²) in [5, 5.41) is 8.48. The molecule has 0 unspecified atom stereocenters. The van der Waals surface area contributed by atoms with Crippen LogP contribution in [0.3, 0.4) is 0 Å². The molecule has 8 rings (SSSR count). The van der Waals surface area contributed by atoms with Gasteiger partial charge in [0.25, 0.3) is 0 Å². The molecule has 27 heteroatoms. The number of nitrogens with zero attached hydrogens (tertiary/aromatic N) is 9. The first-order valence-electron chi connectivity index (χ1n) is 26.6. The number of guanidine groups is 2. The average Bonchev–Trinajstić information content (AvgIpc) is 3.55. The van der Waals surface area contributed by atoms with Gasteiger partial charge in [-0.1, -0.05) is 63.6 Å². The zero-order valence-electron chi connectivity index (χ0n) is 47.8. The second-order valence-electron chi connectivity index (χ2n) is 23.1. The summed E-state index contributed by atoms with van der Waals surface area (Å²) in [5.41, 5.74) is 1.99. The molecule has 2 aliphatic heterocycles. The smallest absolute Gasteiger partial charge is 0.419 e. The molecule has 456 valence electrons. The Hall–Kier alpha value is -6.06. The van der Waals surface area contributed by atoms with Crippen molar-refractivity contribution in [2.45, 2.75) is 123 Å². The van der Waals surface area contributed by atoms with Crippen molar-refractivity contribution >= 4 is 81.5 Å². The number of ether oxygens (including phenoxy) is 3. The van der Waals surface area contributed by atoms with Crippen LogP contribution < -0.4 is 10.5 Å². The molecular weight excluding hydrogens is 1160 g/mol. The number of amides is 1. The van der Waals surface area contributed by atoms with Crippen molar-refractivity contribution in [3.8, 4) is 5.88 Å². The molecule has 0 spiro atoms. The lowest BCUT2D eigenvalue weighted by molar-refractivity contribution is 0.00804. The van der Waals surface area contributed by atoms with Crippen LogP contribution in [-0.4, -0.2) is 139 Å². The van der Waals surface area contributed by atoms with E-state index in [1.165, 1.54) is 103 Å². The van der Waals surface area contributed by atoms with Crippen molar-refractivity contribution in [3.05, 3.63) is 112 Å². The van der Waals surface area contributed by atoms with Gasteiger partial charge in [-0.05, 0) is 126 Å². The Bertz CT molecular complexity index is 3270. The summed E-state index contributed by atoms with van der Waals surface area (Å²) < 4.78 is 130. The molecule has 83 heavy (non-hydrogen) atoms. The normalized spacial score (nSPS) is 20.8. The third-order valence-corrected chi connectivity index (χ3v) is 19.6. The van der Waals surface area contributed by atoms with Crippen LogP contribution in [0.2, 0.25) is 30.8 Å². The number of benzene rings is 2. The molecule has 0 radical (unpaired) electrons. The number of carbonyl (C=O) groups is 1. The van der Waals surface area contributed by atoms with E-state index in [9.17, 15) is 34.8 Å². The van der Waals surface area contributed by atoms with E-state index in [1.807, 2.05) is 0 Å². The highest BCUT2D eigenvalue weighted by Crippen LogP contribution is 2.38. The van der Waals surface area contributed by atoms with Crippen LogP contribution >= 0.6 is 11.6 Å². The minimum Gasteiger partial charge on any atom is -0.476 e. The molecule has 2 aliphatic carbocycles. The van der Waals surface area contributed by atoms with E-state index >= 15 is 4.39 Å². The van der Waals surface area contributed by atoms with Crippen LogP contribution in [0.15, 0.2) is 71.2 Å². The Morgan fingerprint density at radius 3 is 1.73 bits per heavy atom. The highest BCUT2D eigenvalue weighted by molar-refractivity contribution is 7.90. The van der Waals surface area contributed by atoms with Crippen molar-refractivity contribution in [2.75, 3.05) is 52.2 Å². The first-order valence-corrected chi connectivity index (χ1v) is 33.9. The lowest BCUT2D eigenvalue weighted by Crippen LogP contribution is -2.56. The van der Waals surface area contributed by atoms with Crippen molar-refractivity contribution < 1.29 is 58.5 Å². The average molecular weight is 1240 g/mol. The van der Waals surface area contributed by atoms with E-state index < -0.39 is 85.7 Å². The molecule has 0 bridgehead atoms. The van der Waals surface area contributed by atoms with E-state index in [0.29, 0.717) is 43.1 Å². The van der Waals surface area contributed by atoms with Crippen LogP contribution in [0.4, 0.5) is 22.4 Å². The Morgan fingerprint density at radius 1 is 0.807 bits per heavy atom. The molecule has 4 aromatic rings. The van der Waals surface area contributed by atoms with E-state index in [-0.39, 0.29) is 59.3 Å². The summed E-state index contributed by atoms with van der Waals surface area (Å²) in [4.78, 5) is 39.0. The summed E-state index contributed by atoms with van der Waals surface area (Å²) >= 11 is 5.73. The maximum absolute atomic E-state index is 15.4. The van der Waals surface area contributed by atoms with Gasteiger partial charge in [0.1, 0.15) is 51.6 Å². The van der Waals surface area contributed by atoms with Gasteiger partial charge in [0.15, 0.2) is 11.7 Å². The molecular formula is C56H77ClF4N10O9S2Si. The van der Waals surface area contributed by atoms with Crippen LogP contribution in [0.25, 0.3) is 23.8 Å². The van der Waals surface area contributed by atoms with E-state index in [1.54, 1.807) is 20.8 Å². The van der Waals surface area contributed by atoms with Gasteiger partial charge in [-0.15, -0.1) is 0 Å². The van der Waals surface area contributed by atoms with Crippen molar-refractivity contribution in [1.82, 2.24) is 33.4 Å². The highest BCUT2D eigenvalue weighted by Gasteiger charge is 2.46. The van der Waals surface area contributed by atoms with E-state index in [4.69, 9.17) is 36.7 Å². The number of carbonyl (C=O) groups excluding carboxylic acids is 1. The number of rotatable bonds is 15. The molecule has 2 aromatic heterocycles. The van der Waals surface area contributed by atoms with Crippen molar-refractivity contribution in [2.24, 2.45) is 27.6 Å². The van der Waals surface area contributed by atoms with Crippen LogP contribution in [0.1, 0.15) is 114 Å². The largest absolute Gasteiger partial charge is 0.476 e. The van der Waals surface area contributed by atoms with Gasteiger partial charge in [0.05, 0.1) is 42.9 Å². The maximum atomic E-state index is 15.4. The van der Waals surface area contributed by atoms with Crippen molar-refractivity contribution in [3.63, 3.8) is 0 Å². The number of aromatic nitrogens is 4. The lowest BCUT2D eigenvalue weighted by Gasteiger charge is -2.39. The fourth-order valence-electron chi connectivity index (χ4n) is 8.42. The van der Waals surface area contributed by atoms with Crippen LogP contribution in [0, 0.1) is 23.5 Å². The van der Waals surface area contributed by atoms with E-state index in [2.05, 4.69) is 49.6 Å². The summed E-state index contributed by atoms with van der Waals surface area (Å²) in [7, 11) is -6.84. The minimum atomic E-state index is -4.12. The van der Waals surface area contributed by atoms with Gasteiger partial charge in [-0.3, -0.25) is 0 Å². The first-order chi connectivity index (χ1) is 38.2. The summed E-state index contributed by atoms with van der Waals surface area (Å²) in [6, 6.07) is 8.41. The summed E-state index contributed by atoms with van der Waals surface area (Å²) in [6.07, 6.45) is 13.7. The van der Waals surface area contributed by atoms with E-state index in [0.717, 1.165) is 56.8 Å². The Kier molecular flexibility index (Phi) is 22.7. The molecule has 2 fully saturated rings. The second-order valence-corrected chi connectivity index (χ2v) is 33.2. The molecule has 1 amide bonds. The molecule has 2 atom stereocenters.